The fourth-order valence-electron chi connectivity index (χ4n) is 3.71. The average Bonchev–Trinajstić information content (AvgIpc) is 2.88. The van der Waals surface area contributed by atoms with Crippen LogP contribution < -0.4 is 0 Å². The number of rotatable bonds is 4. The second-order valence-electron chi connectivity index (χ2n) is 6.09. The molecule has 0 saturated carbocycles. The van der Waals surface area contributed by atoms with Crippen LogP contribution in [0.1, 0.15) is 24.5 Å². The highest BCUT2D eigenvalue weighted by molar-refractivity contribution is 5.41. The first kappa shape index (κ1) is 14.1. The largest absolute Gasteiger partial charge is 0.296 e. The fourth-order valence-corrected chi connectivity index (χ4v) is 3.71. The second-order valence-corrected chi connectivity index (χ2v) is 6.09. The van der Waals surface area contributed by atoms with E-state index in [1.165, 1.54) is 11.1 Å². The number of hydrogen-bond acceptors (Lipinski definition) is 1. The zero-order chi connectivity index (χ0) is 14.7. The molecule has 1 heteroatoms. The van der Waals surface area contributed by atoms with Gasteiger partial charge in [-0.15, -0.1) is 6.58 Å². The van der Waals surface area contributed by atoms with Gasteiger partial charge in [-0.1, -0.05) is 66.7 Å². The number of benzene rings is 2. The van der Waals surface area contributed by atoms with Crippen LogP contribution in [0.3, 0.4) is 0 Å². The van der Waals surface area contributed by atoms with Crippen molar-refractivity contribution in [3.63, 3.8) is 0 Å². The molecule has 0 aromatic heterocycles. The minimum Gasteiger partial charge on any atom is -0.296 e. The molecule has 3 rings (SSSR count). The quantitative estimate of drug-likeness (QED) is 0.755. The molecule has 0 radical (unpaired) electrons. The van der Waals surface area contributed by atoms with Crippen LogP contribution in [0.5, 0.6) is 0 Å². The summed E-state index contributed by atoms with van der Waals surface area (Å²) in [6.07, 6.45) is 3.18. The van der Waals surface area contributed by atoms with Gasteiger partial charge in [-0.25, -0.2) is 0 Å². The minimum absolute atomic E-state index is 0.102. The summed E-state index contributed by atoms with van der Waals surface area (Å²) in [5.41, 5.74) is 2.95. The molecule has 1 nitrogen and oxygen atoms in total. The first-order chi connectivity index (χ1) is 10.3. The van der Waals surface area contributed by atoms with Gasteiger partial charge >= 0.3 is 0 Å². The Morgan fingerprint density at radius 3 is 2.05 bits per heavy atom. The third kappa shape index (κ3) is 2.54. The van der Waals surface area contributed by atoms with Gasteiger partial charge < -0.3 is 0 Å². The first-order valence-electron chi connectivity index (χ1n) is 7.72. The van der Waals surface area contributed by atoms with E-state index in [4.69, 9.17) is 0 Å². The maximum Gasteiger partial charge on any atom is 0.0344 e. The first-order valence-corrected chi connectivity index (χ1v) is 7.72. The van der Waals surface area contributed by atoms with E-state index in [0.717, 1.165) is 19.5 Å². The number of hydrogen-bond donors (Lipinski definition) is 0. The number of likely N-dealkylation sites (tertiary alicyclic amines) is 1. The Balaban J connectivity index is 2.07. The lowest BCUT2D eigenvalue weighted by Gasteiger charge is -2.31. The molecule has 1 fully saturated rings. The van der Waals surface area contributed by atoms with Gasteiger partial charge in [0.1, 0.15) is 0 Å². The smallest absolute Gasteiger partial charge is 0.0344 e. The third-order valence-corrected chi connectivity index (χ3v) is 4.76. The van der Waals surface area contributed by atoms with Crippen LogP contribution in [0.2, 0.25) is 0 Å². The Morgan fingerprint density at radius 1 is 1.05 bits per heavy atom. The summed E-state index contributed by atoms with van der Waals surface area (Å²) in [6.45, 7) is 8.27. The maximum absolute atomic E-state index is 3.91. The molecule has 0 amide bonds. The molecule has 1 aliphatic heterocycles. The summed E-state index contributed by atoms with van der Waals surface area (Å²) in [6, 6.07) is 22.5. The van der Waals surface area contributed by atoms with Gasteiger partial charge in [0.25, 0.3) is 0 Å². The van der Waals surface area contributed by atoms with Gasteiger partial charge in [-0.05, 0) is 24.5 Å². The lowest BCUT2D eigenvalue weighted by Crippen LogP contribution is -2.33. The monoisotopic (exact) mass is 277 g/mol. The maximum atomic E-state index is 3.91. The highest BCUT2D eigenvalue weighted by Crippen LogP contribution is 2.43. The normalized spacial score (nSPS) is 21.3. The standard InChI is InChI=1S/C20H23N/c1-3-14-21-16-20(15-17(21)2,18-10-6-4-7-11-18)19-12-8-5-9-13-19/h3-13,17H,1,14-16H2,2H3. The SMILES string of the molecule is C=CCN1CC(c2ccccc2)(c2ccccc2)CC1C. The van der Waals surface area contributed by atoms with E-state index in [1.807, 2.05) is 6.08 Å². The molecular weight excluding hydrogens is 254 g/mol. The van der Waals surface area contributed by atoms with Gasteiger partial charge in [-0.3, -0.25) is 4.90 Å². The lowest BCUT2D eigenvalue weighted by molar-refractivity contribution is 0.292. The van der Waals surface area contributed by atoms with Gasteiger partial charge in [0, 0.05) is 24.5 Å². The van der Waals surface area contributed by atoms with Crippen molar-refractivity contribution in [2.24, 2.45) is 0 Å². The summed E-state index contributed by atoms with van der Waals surface area (Å²) in [5.74, 6) is 0. The average molecular weight is 277 g/mol. The van der Waals surface area contributed by atoms with Gasteiger partial charge in [0.15, 0.2) is 0 Å². The van der Waals surface area contributed by atoms with E-state index in [9.17, 15) is 0 Å². The zero-order valence-electron chi connectivity index (χ0n) is 12.7. The Bertz CT molecular complexity index is 548. The molecule has 2 aromatic carbocycles. The van der Waals surface area contributed by atoms with Crippen molar-refractivity contribution in [2.45, 2.75) is 24.8 Å². The van der Waals surface area contributed by atoms with Crippen molar-refractivity contribution in [3.05, 3.63) is 84.4 Å². The number of nitrogens with zero attached hydrogens (tertiary/aromatic N) is 1. The van der Waals surface area contributed by atoms with Gasteiger partial charge in [0.2, 0.25) is 0 Å². The van der Waals surface area contributed by atoms with Crippen molar-refractivity contribution in [3.8, 4) is 0 Å². The van der Waals surface area contributed by atoms with E-state index in [-0.39, 0.29) is 5.41 Å². The molecule has 108 valence electrons. The molecule has 0 bridgehead atoms. The van der Waals surface area contributed by atoms with E-state index in [2.05, 4.69) is 79.1 Å². The Labute approximate surface area is 127 Å². The van der Waals surface area contributed by atoms with Crippen LogP contribution in [-0.2, 0) is 5.41 Å². The second kappa shape index (κ2) is 5.87. The fraction of sp³-hybridized carbons (Fsp3) is 0.300. The molecule has 0 N–H and O–H groups in total. The molecule has 1 saturated heterocycles. The molecular formula is C20H23N. The lowest BCUT2D eigenvalue weighted by atomic mass is 9.73. The molecule has 2 aromatic rings. The van der Waals surface area contributed by atoms with Crippen LogP contribution >= 0.6 is 0 Å². The Hall–Kier alpha value is -1.86. The van der Waals surface area contributed by atoms with E-state index >= 15 is 0 Å². The van der Waals surface area contributed by atoms with Gasteiger partial charge in [0.05, 0.1) is 0 Å². The molecule has 1 heterocycles. The molecule has 1 aliphatic rings. The van der Waals surface area contributed by atoms with Crippen molar-refractivity contribution in [2.75, 3.05) is 13.1 Å². The van der Waals surface area contributed by atoms with Crippen LogP contribution in [0.15, 0.2) is 73.3 Å². The van der Waals surface area contributed by atoms with Crippen molar-refractivity contribution < 1.29 is 0 Å². The summed E-state index contributed by atoms with van der Waals surface area (Å²) in [7, 11) is 0. The highest BCUT2D eigenvalue weighted by Gasteiger charge is 2.44. The van der Waals surface area contributed by atoms with Crippen LogP contribution in [-0.4, -0.2) is 24.0 Å². The Kier molecular flexibility index (Phi) is 3.94. The minimum atomic E-state index is 0.102. The van der Waals surface area contributed by atoms with E-state index in [1.54, 1.807) is 0 Å². The Morgan fingerprint density at radius 2 is 1.57 bits per heavy atom. The summed E-state index contributed by atoms with van der Waals surface area (Å²) in [4.78, 5) is 2.53. The summed E-state index contributed by atoms with van der Waals surface area (Å²) in [5, 5.41) is 0. The zero-order valence-corrected chi connectivity index (χ0v) is 12.7. The highest BCUT2D eigenvalue weighted by atomic mass is 15.2. The van der Waals surface area contributed by atoms with Crippen molar-refractivity contribution in [1.29, 1.82) is 0 Å². The van der Waals surface area contributed by atoms with Crippen molar-refractivity contribution >= 4 is 0 Å². The molecule has 1 atom stereocenters. The summed E-state index contributed by atoms with van der Waals surface area (Å²) < 4.78 is 0. The van der Waals surface area contributed by atoms with E-state index < -0.39 is 0 Å². The predicted molar refractivity (Wildman–Crippen MR) is 89.5 cm³/mol. The summed E-state index contributed by atoms with van der Waals surface area (Å²) >= 11 is 0. The van der Waals surface area contributed by atoms with Gasteiger partial charge in [-0.2, -0.15) is 0 Å². The molecule has 21 heavy (non-hydrogen) atoms. The van der Waals surface area contributed by atoms with Crippen LogP contribution in [0, 0.1) is 0 Å². The van der Waals surface area contributed by atoms with Crippen molar-refractivity contribution in [1.82, 2.24) is 4.90 Å². The van der Waals surface area contributed by atoms with E-state index in [0.29, 0.717) is 6.04 Å². The predicted octanol–water partition coefficient (Wildman–Crippen LogP) is 4.25. The third-order valence-electron chi connectivity index (χ3n) is 4.76. The molecule has 0 spiro atoms. The van der Waals surface area contributed by atoms with Crippen LogP contribution in [0.4, 0.5) is 0 Å². The molecule has 1 unspecified atom stereocenters. The van der Waals surface area contributed by atoms with Crippen LogP contribution in [0.25, 0.3) is 0 Å². The topological polar surface area (TPSA) is 3.24 Å². The molecule has 0 aliphatic carbocycles.